The Kier molecular flexibility index (Phi) is 5.76. The van der Waals surface area contributed by atoms with E-state index in [1.165, 1.54) is 17.7 Å². The molecule has 1 aliphatic heterocycles. The van der Waals surface area contributed by atoms with Crippen molar-refractivity contribution in [3.05, 3.63) is 47.0 Å². The largest absolute Gasteiger partial charge is 0.489 e. The number of hydrogen-bond acceptors (Lipinski definition) is 5. The van der Waals surface area contributed by atoms with Crippen molar-refractivity contribution in [2.45, 2.75) is 46.1 Å². The van der Waals surface area contributed by atoms with E-state index in [2.05, 4.69) is 40.2 Å². The smallest absolute Gasteiger partial charge is 0.258 e. The van der Waals surface area contributed by atoms with Gasteiger partial charge in [-0.25, -0.2) is 0 Å². The van der Waals surface area contributed by atoms with Crippen molar-refractivity contribution >= 4 is 17.3 Å². The highest BCUT2D eigenvalue weighted by atomic mass is 35.5. The van der Waals surface area contributed by atoms with Crippen LogP contribution in [-0.4, -0.2) is 29.3 Å². The van der Waals surface area contributed by atoms with Crippen LogP contribution in [0.25, 0.3) is 22.8 Å². The third-order valence-electron chi connectivity index (χ3n) is 5.01. The molecule has 0 unspecified atom stereocenters. The summed E-state index contributed by atoms with van der Waals surface area (Å²) < 4.78 is 11.2. The van der Waals surface area contributed by atoms with E-state index < -0.39 is 0 Å². The molecule has 29 heavy (non-hydrogen) atoms. The number of fused-ring (bicyclic) bond motifs is 1. The van der Waals surface area contributed by atoms with E-state index in [1.54, 1.807) is 0 Å². The monoisotopic (exact) mass is 411 g/mol. The van der Waals surface area contributed by atoms with Gasteiger partial charge >= 0.3 is 0 Å². The summed E-state index contributed by atoms with van der Waals surface area (Å²) in [6, 6.07) is 12.0. The molecule has 0 fully saturated rings. The Morgan fingerprint density at radius 3 is 2.76 bits per heavy atom. The molecule has 0 radical (unpaired) electrons. The Balaban J connectivity index is 1.59. The van der Waals surface area contributed by atoms with E-state index in [9.17, 15) is 0 Å². The Morgan fingerprint density at radius 1 is 1.17 bits per heavy atom. The van der Waals surface area contributed by atoms with Gasteiger partial charge in [0.1, 0.15) is 5.75 Å². The maximum atomic E-state index is 6.35. The minimum absolute atomic E-state index is 0.0624. The van der Waals surface area contributed by atoms with Crippen molar-refractivity contribution in [1.82, 2.24) is 10.1 Å². The molecule has 6 heteroatoms. The summed E-state index contributed by atoms with van der Waals surface area (Å²) in [5.41, 5.74) is 4.43. The molecular formula is C23H26ClN3O2. The predicted octanol–water partition coefficient (Wildman–Crippen LogP) is 6.01. The Bertz CT molecular complexity index is 1000. The van der Waals surface area contributed by atoms with Crippen LogP contribution in [0.15, 0.2) is 40.9 Å². The second kappa shape index (κ2) is 8.46. The lowest BCUT2D eigenvalue weighted by molar-refractivity contribution is 0.242. The summed E-state index contributed by atoms with van der Waals surface area (Å²) in [6.45, 7) is 8.37. The summed E-state index contributed by atoms with van der Waals surface area (Å²) in [6.07, 6.45) is 3.47. The second-order valence-electron chi connectivity index (χ2n) is 7.67. The number of aryl methyl sites for hydroxylation is 1. The van der Waals surface area contributed by atoms with Crippen molar-refractivity contribution in [2.24, 2.45) is 0 Å². The molecule has 0 spiro atoms. The third kappa shape index (κ3) is 4.25. The average molecular weight is 412 g/mol. The van der Waals surface area contributed by atoms with Gasteiger partial charge < -0.3 is 14.2 Å². The van der Waals surface area contributed by atoms with Gasteiger partial charge in [0, 0.05) is 29.9 Å². The molecule has 3 aromatic rings. The second-order valence-corrected chi connectivity index (χ2v) is 8.08. The molecule has 0 amide bonds. The van der Waals surface area contributed by atoms with E-state index >= 15 is 0 Å². The predicted molar refractivity (Wildman–Crippen MR) is 117 cm³/mol. The fourth-order valence-corrected chi connectivity index (χ4v) is 3.98. The first-order chi connectivity index (χ1) is 14.0. The molecule has 0 saturated heterocycles. The van der Waals surface area contributed by atoms with Crippen LogP contribution in [-0.2, 0) is 6.42 Å². The number of anilines is 1. The number of aromatic nitrogens is 2. The Morgan fingerprint density at radius 2 is 2.00 bits per heavy atom. The highest BCUT2D eigenvalue weighted by Gasteiger charge is 2.19. The summed E-state index contributed by atoms with van der Waals surface area (Å²) in [4.78, 5) is 7.06. The lowest BCUT2D eigenvalue weighted by Crippen LogP contribution is -2.29. The minimum atomic E-state index is 0.0624. The maximum Gasteiger partial charge on any atom is 0.258 e. The number of nitrogens with zero attached hydrogens (tertiary/aromatic N) is 3. The van der Waals surface area contributed by atoms with Gasteiger partial charge in [-0.1, -0.05) is 23.7 Å². The zero-order valence-corrected chi connectivity index (χ0v) is 17.9. The first-order valence-corrected chi connectivity index (χ1v) is 10.6. The minimum Gasteiger partial charge on any atom is -0.489 e. The summed E-state index contributed by atoms with van der Waals surface area (Å²) >= 11 is 6.35. The zero-order chi connectivity index (χ0) is 20.4. The van der Waals surface area contributed by atoms with Gasteiger partial charge in [0.15, 0.2) is 0 Å². The SMILES string of the molecule is CCCN1CCCc2cc(-c3nc(-c4ccc(OC(C)C)c(Cl)c4)no3)ccc21. The quantitative estimate of drug-likeness (QED) is 0.497. The standard InChI is InChI=1S/C23H26ClN3O2/c1-4-11-27-12-5-6-16-13-18(7-9-20(16)27)23-25-22(26-29-23)17-8-10-21(19(24)14-17)28-15(2)3/h7-10,13-15H,4-6,11-12H2,1-3H3. The van der Waals surface area contributed by atoms with Gasteiger partial charge in [-0.15, -0.1) is 0 Å². The number of halogens is 1. The first kappa shape index (κ1) is 19.8. The van der Waals surface area contributed by atoms with Crippen LogP contribution in [0.5, 0.6) is 5.75 Å². The van der Waals surface area contributed by atoms with Gasteiger partial charge in [-0.2, -0.15) is 4.98 Å². The molecule has 2 heterocycles. The third-order valence-corrected chi connectivity index (χ3v) is 5.31. The van der Waals surface area contributed by atoms with Crippen LogP contribution in [0.4, 0.5) is 5.69 Å². The lowest BCUT2D eigenvalue weighted by atomic mass is 9.99. The van der Waals surface area contributed by atoms with Gasteiger partial charge in [0.05, 0.1) is 11.1 Å². The number of ether oxygens (including phenoxy) is 1. The van der Waals surface area contributed by atoms with Crippen LogP contribution in [0.2, 0.25) is 5.02 Å². The van der Waals surface area contributed by atoms with E-state index in [0.29, 0.717) is 22.5 Å². The molecule has 0 N–H and O–H groups in total. The average Bonchev–Trinajstić information content (AvgIpc) is 3.19. The first-order valence-electron chi connectivity index (χ1n) is 10.2. The molecule has 0 saturated carbocycles. The molecule has 152 valence electrons. The Labute approximate surface area is 176 Å². The molecule has 4 rings (SSSR count). The van der Waals surface area contributed by atoms with Gasteiger partial charge in [-0.05, 0) is 75.1 Å². The van der Waals surface area contributed by atoms with Gasteiger partial charge in [-0.3, -0.25) is 0 Å². The molecule has 0 bridgehead atoms. The Hall–Kier alpha value is -2.53. The molecular weight excluding hydrogens is 386 g/mol. The number of benzene rings is 2. The van der Waals surface area contributed by atoms with Crippen LogP contribution in [0.1, 0.15) is 39.2 Å². The van der Waals surface area contributed by atoms with E-state index in [0.717, 1.165) is 37.1 Å². The van der Waals surface area contributed by atoms with Gasteiger partial charge in [0.25, 0.3) is 5.89 Å². The van der Waals surface area contributed by atoms with Crippen molar-refractivity contribution in [1.29, 1.82) is 0 Å². The van der Waals surface area contributed by atoms with Crippen molar-refractivity contribution in [3.63, 3.8) is 0 Å². The fraction of sp³-hybridized carbons (Fsp3) is 0.391. The highest BCUT2D eigenvalue weighted by molar-refractivity contribution is 6.32. The van der Waals surface area contributed by atoms with Crippen LogP contribution < -0.4 is 9.64 Å². The summed E-state index contributed by atoms with van der Waals surface area (Å²) in [5.74, 6) is 1.69. The highest BCUT2D eigenvalue weighted by Crippen LogP contribution is 2.33. The number of hydrogen-bond donors (Lipinski definition) is 0. The van der Waals surface area contributed by atoms with Crippen LogP contribution in [0, 0.1) is 0 Å². The summed E-state index contributed by atoms with van der Waals surface area (Å²) in [5, 5.41) is 4.69. The topological polar surface area (TPSA) is 51.4 Å². The van der Waals surface area contributed by atoms with E-state index in [-0.39, 0.29) is 6.10 Å². The summed E-state index contributed by atoms with van der Waals surface area (Å²) in [7, 11) is 0. The zero-order valence-electron chi connectivity index (χ0n) is 17.1. The van der Waals surface area contributed by atoms with E-state index in [1.807, 2.05) is 32.0 Å². The maximum absolute atomic E-state index is 6.35. The molecule has 0 atom stereocenters. The lowest BCUT2D eigenvalue weighted by Gasteiger charge is -2.31. The molecule has 1 aromatic heterocycles. The van der Waals surface area contributed by atoms with Crippen LogP contribution in [0.3, 0.4) is 0 Å². The van der Waals surface area contributed by atoms with Crippen molar-refractivity contribution in [3.8, 4) is 28.6 Å². The molecule has 1 aliphatic rings. The van der Waals surface area contributed by atoms with Crippen molar-refractivity contribution in [2.75, 3.05) is 18.0 Å². The van der Waals surface area contributed by atoms with Crippen LogP contribution >= 0.6 is 11.6 Å². The fourth-order valence-electron chi connectivity index (χ4n) is 3.76. The van der Waals surface area contributed by atoms with Gasteiger partial charge in [0.2, 0.25) is 5.82 Å². The van der Waals surface area contributed by atoms with E-state index in [4.69, 9.17) is 20.9 Å². The molecule has 0 aliphatic carbocycles. The normalized spacial score (nSPS) is 13.6. The molecule has 2 aromatic carbocycles. The molecule has 5 nitrogen and oxygen atoms in total. The number of rotatable bonds is 6. The van der Waals surface area contributed by atoms with Crippen molar-refractivity contribution < 1.29 is 9.26 Å².